The zero-order valence-corrected chi connectivity index (χ0v) is 20.1. The molecule has 176 valence electrons. The van der Waals surface area contributed by atoms with Crippen LogP contribution >= 0.6 is 7.82 Å². The van der Waals surface area contributed by atoms with E-state index in [0.29, 0.717) is 17.2 Å². The van der Waals surface area contributed by atoms with Crippen molar-refractivity contribution in [1.82, 2.24) is 0 Å². The first-order valence-electron chi connectivity index (χ1n) is 9.69. The normalized spacial score (nSPS) is 9.91. The Morgan fingerprint density at radius 2 is 0.688 bits per heavy atom. The summed E-state index contributed by atoms with van der Waals surface area (Å²) >= 11 is 0. The maximum atomic E-state index is 9.10. The lowest BCUT2D eigenvalue weighted by Crippen LogP contribution is -1.78. The van der Waals surface area contributed by atoms with E-state index in [1.165, 1.54) is 0 Å². The first-order chi connectivity index (χ1) is 14.6. The molecule has 3 aromatic carbocycles. The highest BCUT2D eigenvalue weighted by molar-refractivity contribution is 7.45. The van der Waals surface area contributed by atoms with Crippen molar-refractivity contribution in [2.24, 2.45) is 0 Å². The Morgan fingerprint density at radius 3 is 0.812 bits per heavy atom. The first-order valence-corrected chi connectivity index (χ1v) is 11.3. The summed E-state index contributed by atoms with van der Waals surface area (Å²) < 4.78 is 8.88. The van der Waals surface area contributed by atoms with Gasteiger partial charge < -0.3 is 30.0 Å². The highest BCUT2D eigenvalue weighted by Gasteiger charge is 2.00. The van der Waals surface area contributed by atoms with Crippen LogP contribution in [0.3, 0.4) is 0 Å². The van der Waals surface area contributed by atoms with Gasteiger partial charge in [0.2, 0.25) is 0 Å². The predicted molar refractivity (Wildman–Crippen MR) is 127 cm³/mol. The van der Waals surface area contributed by atoms with Crippen LogP contribution in [-0.2, 0) is 4.57 Å². The van der Waals surface area contributed by atoms with E-state index in [1.807, 2.05) is 77.9 Å². The van der Waals surface area contributed by atoms with Crippen LogP contribution in [0, 0.1) is 41.5 Å². The minimum absolute atomic E-state index is 0.384. The van der Waals surface area contributed by atoms with Crippen molar-refractivity contribution in [2.75, 3.05) is 0 Å². The van der Waals surface area contributed by atoms with E-state index in [9.17, 15) is 0 Å². The molecule has 0 aliphatic rings. The Kier molecular flexibility index (Phi) is 12.4. The Labute approximate surface area is 189 Å². The number of aryl methyl sites for hydroxylation is 3. The van der Waals surface area contributed by atoms with Crippen LogP contribution in [-0.4, -0.2) is 30.0 Å². The largest absolute Gasteiger partial charge is 0.508 e. The van der Waals surface area contributed by atoms with Gasteiger partial charge in [0.25, 0.3) is 0 Å². The Hall–Kier alpha value is -2.83. The van der Waals surface area contributed by atoms with Crippen molar-refractivity contribution in [2.45, 2.75) is 41.5 Å². The second-order valence-electron chi connectivity index (χ2n) is 7.17. The minimum atomic E-state index is -4.64. The third-order valence-electron chi connectivity index (χ3n) is 4.73. The molecule has 6 N–H and O–H groups in total. The predicted octanol–water partition coefficient (Wildman–Crippen LogP) is 5.10. The van der Waals surface area contributed by atoms with Gasteiger partial charge in [-0.15, -0.1) is 0 Å². The summed E-state index contributed by atoms with van der Waals surface area (Å²) in [5, 5.41) is 27.3. The molecule has 0 atom stereocenters. The molecule has 0 saturated carbocycles. The monoisotopic (exact) mass is 464 g/mol. The van der Waals surface area contributed by atoms with E-state index >= 15 is 0 Å². The Bertz CT molecular complexity index is 856. The van der Waals surface area contributed by atoms with Crippen LogP contribution in [0.25, 0.3) is 0 Å². The molecular formula is C24H33O7P. The summed E-state index contributed by atoms with van der Waals surface area (Å²) in [6, 6.07) is 16.6. The molecule has 0 amide bonds. The second kappa shape index (κ2) is 13.6. The summed E-state index contributed by atoms with van der Waals surface area (Å²) in [7, 11) is -4.64. The average molecular weight is 464 g/mol. The smallest absolute Gasteiger partial charge is 0.466 e. The number of rotatable bonds is 0. The lowest BCUT2D eigenvalue weighted by molar-refractivity contribution is 0.275. The number of aromatic hydroxyl groups is 3. The van der Waals surface area contributed by atoms with Crippen molar-refractivity contribution in [1.29, 1.82) is 0 Å². The Balaban J connectivity index is 0.000000410. The lowest BCUT2D eigenvalue weighted by Gasteiger charge is -1.99. The molecule has 32 heavy (non-hydrogen) atoms. The maximum absolute atomic E-state index is 9.10. The number of hydrogen-bond donors (Lipinski definition) is 6. The summed E-state index contributed by atoms with van der Waals surface area (Å²) in [6.07, 6.45) is 0. The maximum Gasteiger partial charge on any atom is 0.466 e. The van der Waals surface area contributed by atoms with Gasteiger partial charge in [-0.25, -0.2) is 4.57 Å². The van der Waals surface area contributed by atoms with Gasteiger partial charge in [-0.05, 0) is 93.1 Å². The van der Waals surface area contributed by atoms with E-state index in [0.717, 1.165) is 33.4 Å². The number of phosphoric acid groups is 1. The van der Waals surface area contributed by atoms with Crippen molar-refractivity contribution < 1.29 is 34.6 Å². The average Bonchev–Trinajstić information content (AvgIpc) is 2.68. The number of hydrogen-bond acceptors (Lipinski definition) is 4. The molecule has 3 aromatic rings. The Morgan fingerprint density at radius 1 is 0.500 bits per heavy atom. The molecule has 0 unspecified atom stereocenters. The van der Waals surface area contributed by atoms with Crippen LogP contribution in [0.2, 0.25) is 0 Å². The third-order valence-corrected chi connectivity index (χ3v) is 4.73. The molecule has 0 saturated heterocycles. The molecule has 0 fully saturated rings. The van der Waals surface area contributed by atoms with Gasteiger partial charge in [0.05, 0.1) is 0 Å². The topological polar surface area (TPSA) is 138 Å². The summed E-state index contributed by atoms with van der Waals surface area (Å²) in [6.45, 7) is 11.7. The molecule has 8 heteroatoms. The zero-order chi connectivity index (χ0) is 25.1. The number of benzene rings is 3. The fraction of sp³-hybridized carbons (Fsp3) is 0.250. The van der Waals surface area contributed by atoms with E-state index < -0.39 is 7.82 Å². The summed E-state index contributed by atoms with van der Waals surface area (Å²) in [4.78, 5) is 21.6. The van der Waals surface area contributed by atoms with E-state index in [4.69, 9.17) is 34.6 Å². The standard InChI is InChI=1S/3C8H10O.H3O4P/c3*1-6-4-3-5-8(9)7(6)2;1-5(2,3)4/h3*3-5,9H,1-2H3;(H3,1,2,3,4). The summed E-state index contributed by atoms with van der Waals surface area (Å²) in [5.41, 5.74) is 6.31. The molecule has 0 aliphatic heterocycles. The molecule has 0 radical (unpaired) electrons. The first kappa shape index (κ1) is 29.2. The number of phenols is 3. The van der Waals surface area contributed by atoms with Crippen molar-refractivity contribution >= 4 is 7.82 Å². The van der Waals surface area contributed by atoms with Gasteiger partial charge in [0.1, 0.15) is 17.2 Å². The second-order valence-corrected chi connectivity index (χ2v) is 8.20. The molecule has 3 rings (SSSR count). The quantitative estimate of drug-likeness (QED) is 0.255. The third kappa shape index (κ3) is 12.1. The van der Waals surface area contributed by atoms with Crippen LogP contribution in [0.5, 0.6) is 17.2 Å². The minimum Gasteiger partial charge on any atom is -0.508 e. The van der Waals surface area contributed by atoms with Gasteiger partial charge in [-0.2, -0.15) is 0 Å². The van der Waals surface area contributed by atoms with Gasteiger partial charge in [-0.3, -0.25) is 0 Å². The molecule has 0 aromatic heterocycles. The van der Waals surface area contributed by atoms with Gasteiger partial charge in [0.15, 0.2) is 0 Å². The highest BCUT2D eigenvalue weighted by Crippen LogP contribution is 2.25. The van der Waals surface area contributed by atoms with Crippen LogP contribution in [0.15, 0.2) is 54.6 Å². The van der Waals surface area contributed by atoms with Crippen LogP contribution in [0.4, 0.5) is 0 Å². The number of phenolic OH excluding ortho intramolecular Hbond substituents is 3. The zero-order valence-electron chi connectivity index (χ0n) is 19.2. The molecule has 0 heterocycles. The van der Waals surface area contributed by atoms with E-state index in [1.54, 1.807) is 18.2 Å². The molecule has 0 aliphatic carbocycles. The molecule has 0 bridgehead atoms. The van der Waals surface area contributed by atoms with Gasteiger partial charge in [-0.1, -0.05) is 36.4 Å². The van der Waals surface area contributed by atoms with Crippen molar-refractivity contribution in [3.63, 3.8) is 0 Å². The van der Waals surface area contributed by atoms with Crippen LogP contribution in [0.1, 0.15) is 33.4 Å². The molecule has 0 spiro atoms. The van der Waals surface area contributed by atoms with Gasteiger partial charge >= 0.3 is 7.82 Å². The lowest BCUT2D eigenvalue weighted by atomic mass is 10.1. The fourth-order valence-electron chi connectivity index (χ4n) is 2.21. The summed E-state index contributed by atoms with van der Waals surface area (Å²) in [5.74, 6) is 1.15. The SMILES string of the molecule is Cc1cccc(O)c1C.Cc1cccc(O)c1C.Cc1cccc(O)c1C.O=P(O)(O)O. The molecule has 7 nitrogen and oxygen atoms in total. The van der Waals surface area contributed by atoms with Crippen LogP contribution < -0.4 is 0 Å². The molecular weight excluding hydrogens is 431 g/mol. The van der Waals surface area contributed by atoms with E-state index in [-0.39, 0.29) is 0 Å². The van der Waals surface area contributed by atoms with Gasteiger partial charge in [0, 0.05) is 0 Å². The van der Waals surface area contributed by atoms with Crippen molar-refractivity contribution in [3.05, 3.63) is 88.0 Å². The highest BCUT2D eigenvalue weighted by atomic mass is 31.2. The van der Waals surface area contributed by atoms with Crippen molar-refractivity contribution in [3.8, 4) is 17.2 Å². The van der Waals surface area contributed by atoms with E-state index in [2.05, 4.69) is 0 Å². The fourth-order valence-corrected chi connectivity index (χ4v) is 2.21.